The SMILES string of the molecule is Cc1nc2cc(C(=O)N3CCC[C@H]4NC(=O)COc5ccccc5C/C=C/C[C@H]43)ccc2n1C. The van der Waals surface area contributed by atoms with Gasteiger partial charge in [-0.15, -0.1) is 0 Å². The molecule has 7 heteroatoms. The molecule has 0 unspecified atom stereocenters. The van der Waals surface area contributed by atoms with Crippen molar-refractivity contribution < 1.29 is 14.3 Å². The van der Waals surface area contributed by atoms with Gasteiger partial charge in [0.15, 0.2) is 6.61 Å². The van der Waals surface area contributed by atoms with Crippen LogP contribution < -0.4 is 10.1 Å². The molecule has 7 nitrogen and oxygen atoms in total. The Morgan fingerprint density at radius 3 is 2.91 bits per heavy atom. The third kappa shape index (κ3) is 4.30. The molecular formula is C27H30N4O3. The van der Waals surface area contributed by atoms with Crippen molar-refractivity contribution in [2.24, 2.45) is 7.05 Å². The number of imidazole rings is 1. The Morgan fingerprint density at radius 1 is 1.18 bits per heavy atom. The average Bonchev–Trinajstić information content (AvgIpc) is 3.13. The number of benzene rings is 2. The maximum Gasteiger partial charge on any atom is 0.258 e. The molecule has 2 aromatic carbocycles. The molecule has 5 rings (SSSR count). The molecule has 2 aliphatic rings. The van der Waals surface area contributed by atoms with Gasteiger partial charge >= 0.3 is 0 Å². The number of carbonyl (C=O) groups is 2. The Hall–Kier alpha value is -3.61. The van der Waals surface area contributed by atoms with Crippen LogP contribution in [0, 0.1) is 6.92 Å². The fraction of sp³-hybridized carbons (Fsp3) is 0.370. The highest BCUT2D eigenvalue weighted by molar-refractivity contribution is 5.97. The summed E-state index contributed by atoms with van der Waals surface area (Å²) < 4.78 is 7.83. The van der Waals surface area contributed by atoms with Crippen LogP contribution in [0.5, 0.6) is 5.75 Å². The summed E-state index contributed by atoms with van der Waals surface area (Å²) in [6.07, 6.45) is 7.33. The third-order valence-corrected chi connectivity index (χ3v) is 6.95. The van der Waals surface area contributed by atoms with Gasteiger partial charge in [-0.05, 0) is 62.4 Å². The predicted octanol–water partition coefficient (Wildman–Crippen LogP) is 3.55. The molecule has 1 fully saturated rings. The van der Waals surface area contributed by atoms with Gasteiger partial charge in [0.25, 0.3) is 11.8 Å². The van der Waals surface area contributed by atoms with Crippen LogP contribution in [-0.2, 0) is 18.3 Å². The van der Waals surface area contributed by atoms with Gasteiger partial charge in [0.1, 0.15) is 11.6 Å². The number of allylic oxidation sites excluding steroid dienone is 1. The van der Waals surface area contributed by atoms with E-state index in [0.717, 1.165) is 47.4 Å². The number of likely N-dealkylation sites (tertiary alicyclic amines) is 1. The molecule has 0 spiro atoms. The van der Waals surface area contributed by atoms with Crippen molar-refractivity contribution in [3.63, 3.8) is 0 Å². The minimum Gasteiger partial charge on any atom is -0.483 e. The molecule has 0 aliphatic carbocycles. The van der Waals surface area contributed by atoms with E-state index in [9.17, 15) is 9.59 Å². The first-order valence-electron chi connectivity index (χ1n) is 11.9. The number of piperidine rings is 1. The van der Waals surface area contributed by atoms with Crippen LogP contribution in [-0.4, -0.2) is 51.5 Å². The number of nitrogens with one attached hydrogen (secondary N) is 1. The molecule has 0 bridgehead atoms. The van der Waals surface area contributed by atoms with Gasteiger partial charge in [0, 0.05) is 25.2 Å². The molecule has 0 radical (unpaired) electrons. The van der Waals surface area contributed by atoms with Crippen LogP contribution in [0.1, 0.15) is 41.0 Å². The molecule has 3 aromatic rings. The molecule has 2 aliphatic heterocycles. The Bertz CT molecular complexity index is 1260. The van der Waals surface area contributed by atoms with Crippen molar-refractivity contribution in [2.45, 2.75) is 44.7 Å². The second-order valence-corrected chi connectivity index (χ2v) is 9.11. The van der Waals surface area contributed by atoms with Crippen LogP contribution >= 0.6 is 0 Å². The van der Waals surface area contributed by atoms with E-state index in [1.807, 2.05) is 65.9 Å². The Labute approximate surface area is 199 Å². The van der Waals surface area contributed by atoms with Crippen molar-refractivity contribution in [1.29, 1.82) is 0 Å². The van der Waals surface area contributed by atoms with Crippen molar-refractivity contribution >= 4 is 22.8 Å². The van der Waals surface area contributed by atoms with Crippen molar-refractivity contribution in [1.82, 2.24) is 19.8 Å². The van der Waals surface area contributed by atoms with E-state index in [1.54, 1.807) is 0 Å². The van der Waals surface area contributed by atoms with Crippen molar-refractivity contribution in [3.8, 4) is 5.75 Å². The number of nitrogens with zero attached hydrogens (tertiary/aromatic N) is 3. The molecule has 1 aromatic heterocycles. The third-order valence-electron chi connectivity index (χ3n) is 6.95. The number of rotatable bonds is 1. The lowest BCUT2D eigenvalue weighted by molar-refractivity contribution is -0.124. The summed E-state index contributed by atoms with van der Waals surface area (Å²) in [5, 5.41) is 3.14. The van der Waals surface area contributed by atoms with E-state index < -0.39 is 0 Å². The summed E-state index contributed by atoms with van der Waals surface area (Å²) in [5.41, 5.74) is 3.50. The van der Waals surface area contributed by atoms with E-state index >= 15 is 0 Å². The predicted molar refractivity (Wildman–Crippen MR) is 131 cm³/mol. The normalized spacial score (nSPS) is 21.9. The maximum absolute atomic E-state index is 13.6. The summed E-state index contributed by atoms with van der Waals surface area (Å²) in [4.78, 5) is 32.9. The first-order chi connectivity index (χ1) is 16.5. The minimum absolute atomic E-state index is 0.0174. The Balaban J connectivity index is 1.42. The van der Waals surface area contributed by atoms with E-state index in [1.165, 1.54) is 0 Å². The maximum atomic E-state index is 13.6. The summed E-state index contributed by atoms with van der Waals surface area (Å²) >= 11 is 0. The largest absolute Gasteiger partial charge is 0.483 e. The second-order valence-electron chi connectivity index (χ2n) is 9.11. The summed E-state index contributed by atoms with van der Waals surface area (Å²) in [7, 11) is 1.98. The van der Waals surface area contributed by atoms with Crippen LogP contribution in [0.3, 0.4) is 0 Å². The van der Waals surface area contributed by atoms with Crippen LogP contribution in [0.15, 0.2) is 54.6 Å². The molecule has 1 N–H and O–H groups in total. The standard InChI is InChI=1S/C27H30N4O3/c1-18-28-22-16-20(13-14-23(22)30(18)2)27(33)31-15-7-10-21-24(31)11-5-3-8-19-9-4-6-12-25(19)34-17-26(32)29-21/h3-6,9,12-14,16,21,24H,7-8,10-11,15,17H2,1-2H3,(H,29,32)/b5-3+/t21-,24-/m1/s1. The number of fused-ring (bicyclic) bond motifs is 3. The van der Waals surface area contributed by atoms with E-state index in [0.29, 0.717) is 18.5 Å². The van der Waals surface area contributed by atoms with Gasteiger partial charge in [-0.2, -0.15) is 0 Å². The fourth-order valence-electron chi connectivity index (χ4n) is 5.04. The smallest absolute Gasteiger partial charge is 0.258 e. The van der Waals surface area contributed by atoms with Crippen LogP contribution in [0.25, 0.3) is 11.0 Å². The number of para-hydroxylation sites is 1. The average molecular weight is 459 g/mol. The zero-order chi connectivity index (χ0) is 23.7. The molecule has 3 heterocycles. The van der Waals surface area contributed by atoms with Crippen molar-refractivity contribution in [3.05, 3.63) is 71.6 Å². The van der Waals surface area contributed by atoms with E-state index in [-0.39, 0.29) is 30.5 Å². The van der Waals surface area contributed by atoms with Gasteiger partial charge in [0.2, 0.25) is 0 Å². The highest BCUT2D eigenvalue weighted by atomic mass is 16.5. The number of aryl methyl sites for hydroxylation is 2. The number of carbonyl (C=O) groups excluding carboxylic acids is 2. The summed E-state index contributed by atoms with van der Waals surface area (Å²) in [5.74, 6) is 1.47. The Morgan fingerprint density at radius 2 is 2.03 bits per heavy atom. The van der Waals surface area contributed by atoms with Crippen molar-refractivity contribution in [2.75, 3.05) is 13.2 Å². The number of ether oxygens (including phenoxy) is 1. The molecule has 34 heavy (non-hydrogen) atoms. The first-order valence-corrected chi connectivity index (χ1v) is 11.9. The summed E-state index contributed by atoms with van der Waals surface area (Å²) in [6, 6.07) is 13.3. The number of aromatic nitrogens is 2. The van der Waals surface area contributed by atoms with E-state index in [2.05, 4.69) is 22.5 Å². The molecule has 2 amide bonds. The second kappa shape index (κ2) is 9.33. The lowest BCUT2D eigenvalue weighted by Gasteiger charge is -2.41. The van der Waals surface area contributed by atoms with Crippen LogP contribution in [0.2, 0.25) is 0 Å². The van der Waals surface area contributed by atoms with Crippen LogP contribution in [0.4, 0.5) is 0 Å². The monoisotopic (exact) mass is 458 g/mol. The zero-order valence-electron chi connectivity index (χ0n) is 19.7. The quantitative estimate of drug-likeness (QED) is 0.566. The Kier molecular flexibility index (Phi) is 6.09. The molecule has 2 atom stereocenters. The lowest BCUT2D eigenvalue weighted by atomic mass is 9.92. The molecule has 176 valence electrons. The first kappa shape index (κ1) is 22.2. The zero-order valence-corrected chi connectivity index (χ0v) is 19.7. The van der Waals surface area contributed by atoms with Gasteiger partial charge in [-0.1, -0.05) is 30.4 Å². The number of amides is 2. The number of hydrogen-bond acceptors (Lipinski definition) is 4. The van der Waals surface area contributed by atoms with Gasteiger partial charge in [0.05, 0.1) is 17.1 Å². The number of hydrogen-bond donors (Lipinski definition) is 1. The fourth-order valence-corrected chi connectivity index (χ4v) is 5.04. The van der Waals surface area contributed by atoms with Gasteiger partial charge in [-0.3, -0.25) is 9.59 Å². The summed E-state index contributed by atoms with van der Waals surface area (Å²) in [6.45, 7) is 2.59. The highest BCUT2D eigenvalue weighted by Crippen LogP contribution is 2.26. The highest BCUT2D eigenvalue weighted by Gasteiger charge is 2.35. The lowest BCUT2D eigenvalue weighted by Crippen LogP contribution is -2.57. The molecule has 0 saturated carbocycles. The molecular weight excluding hydrogens is 428 g/mol. The molecule has 1 saturated heterocycles. The topological polar surface area (TPSA) is 76.5 Å². The van der Waals surface area contributed by atoms with Gasteiger partial charge < -0.3 is 19.5 Å². The minimum atomic E-state index is -0.158. The van der Waals surface area contributed by atoms with E-state index in [4.69, 9.17) is 4.74 Å². The van der Waals surface area contributed by atoms with Gasteiger partial charge in [-0.25, -0.2) is 4.98 Å².